The van der Waals surface area contributed by atoms with E-state index in [4.69, 9.17) is 9.84 Å². The van der Waals surface area contributed by atoms with Crippen molar-refractivity contribution in [2.24, 2.45) is 23.7 Å². The van der Waals surface area contributed by atoms with Crippen molar-refractivity contribution >= 4 is 11.9 Å². The van der Waals surface area contributed by atoms with E-state index in [2.05, 4.69) is 0 Å². The van der Waals surface area contributed by atoms with Gasteiger partial charge >= 0.3 is 11.9 Å². The Morgan fingerprint density at radius 2 is 2.23 bits per heavy atom. The van der Waals surface area contributed by atoms with Gasteiger partial charge in [0.25, 0.3) is 0 Å². The first-order valence-electron chi connectivity index (χ1n) is 4.62. The van der Waals surface area contributed by atoms with Crippen LogP contribution in [0.4, 0.5) is 0 Å². The molecular weight excluding hydrogens is 172 g/mol. The normalized spacial score (nSPS) is 51.1. The molecule has 2 saturated carbocycles. The minimum Gasteiger partial charge on any atom is -0.481 e. The van der Waals surface area contributed by atoms with Crippen molar-refractivity contribution in [3.05, 3.63) is 0 Å². The molecule has 2 aliphatic carbocycles. The maximum absolute atomic E-state index is 11.3. The first-order chi connectivity index (χ1) is 6.18. The number of rotatable bonds is 1. The molecule has 1 aliphatic heterocycles. The standard InChI is InChI=1S/C9H10O4/c10-8(11)6-3-1-4-5(2-3)13-9(12)7(4)6/h3-7H,1-2H2,(H,10,11)/t3-,4+,5-,6-,7+/m1/s1. The predicted octanol–water partition coefficient (Wildman–Crippen LogP) is 0.269. The Balaban J connectivity index is 2.01. The molecule has 0 spiro atoms. The number of hydrogen-bond acceptors (Lipinski definition) is 3. The van der Waals surface area contributed by atoms with E-state index < -0.39 is 11.9 Å². The van der Waals surface area contributed by atoms with E-state index >= 15 is 0 Å². The lowest BCUT2D eigenvalue weighted by atomic mass is 9.80. The third-order valence-electron chi connectivity index (χ3n) is 3.77. The van der Waals surface area contributed by atoms with Crippen LogP contribution >= 0.6 is 0 Å². The molecule has 0 aromatic heterocycles. The molecule has 3 fully saturated rings. The third-order valence-corrected chi connectivity index (χ3v) is 3.77. The molecule has 0 aromatic carbocycles. The summed E-state index contributed by atoms with van der Waals surface area (Å²) < 4.78 is 5.12. The fraction of sp³-hybridized carbons (Fsp3) is 0.778. The number of ether oxygens (including phenoxy) is 1. The summed E-state index contributed by atoms with van der Waals surface area (Å²) in [6.45, 7) is 0. The molecule has 1 heterocycles. The number of aliphatic carboxylic acids is 1. The van der Waals surface area contributed by atoms with Crippen molar-refractivity contribution < 1.29 is 19.4 Å². The van der Waals surface area contributed by atoms with Crippen LogP contribution in [0.5, 0.6) is 0 Å². The van der Waals surface area contributed by atoms with Crippen molar-refractivity contribution in [1.29, 1.82) is 0 Å². The average molecular weight is 182 g/mol. The quantitative estimate of drug-likeness (QED) is 0.591. The van der Waals surface area contributed by atoms with Crippen molar-refractivity contribution in [3.8, 4) is 0 Å². The van der Waals surface area contributed by atoms with Gasteiger partial charge in [-0.05, 0) is 18.8 Å². The minimum absolute atomic E-state index is 0.0399. The fourth-order valence-electron chi connectivity index (χ4n) is 3.34. The van der Waals surface area contributed by atoms with Gasteiger partial charge in [-0.3, -0.25) is 9.59 Å². The number of carbonyl (C=O) groups excluding carboxylic acids is 1. The average Bonchev–Trinajstić information content (AvgIpc) is 2.60. The summed E-state index contributed by atoms with van der Waals surface area (Å²) in [6.07, 6.45) is 1.68. The van der Waals surface area contributed by atoms with E-state index in [1.165, 1.54) is 0 Å². The molecule has 0 aromatic rings. The van der Waals surface area contributed by atoms with Gasteiger partial charge in [0.1, 0.15) is 6.10 Å². The number of esters is 1. The van der Waals surface area contributed by atoms with Crippen LogP contribution in [-0.2, 0) is 14.3 Å². The summed E-state index contributed by atoms with van der Waals surface area (Å²) in [5.74, 6) is -1.50. The van der Waals surface area contributed by atoms with Crippen LogP contribution in [0.1, 0.15) is 12.8 Å². The number of carboxylic acid groups (broad SMARTS) is 1. The largest absolute Gasteiger partial charge is 0.481 e. The zero-order valence-electron chi connectivity index (χ0n) is 6.97. The highest BCUT2D eigenvalue weighted by Gasteiger charge is 2.64. The van der Waals surface area contributed by atoms with Crippen molar-refractivity contribution in [2.45, 2.75) is 18.9 Å². The van der Waals surface area contributed by atoms with Crippen LogP contribution in [0, 0.1) is 23.7 Å². The molecule has 3 rings (SSSR count). The van der Waals surface area contributed by atoms with Crippen LogP contribution in [0.15, 0.2) is 0 Å². The summed E-state index contributed by atoms with van der Waals surface area (Å²) in [5, 5.41) is 8.97. The van der Waals surface area contributed by atoms with Gasteiger partial charge in [0.2, 0.25) is 0 Å². The van der Waals surface area contributed by atoms with Crippen LogP contribution in [-0.4, -0.2) is 23.1 Å². The Bertz CT molecular complexity index is 296. The van der Waals surface area contributed by atoms with Gasteiger partial charge in [0.15, 0.2) is 0 Å². The molecule has 4 nitrogen and oxygen atoms in total. The first kappa shape index (κ1) is 7.35. The molecule has 13 heavy (non-hydrogen) atoms. The van der Waals surface area contributed by atoms with Gasteiger partial charge < -0.3 is 9.84 Å². The summed E-state index contributed by atoms with van der Waals surface area (Å²) in [6, 6.07) is 0. The lowest BCUT2D eigenvalue weighted by Gasteiger charge is -2.19. The van der Waals surface area contributed by atoms with Crippen LogP contribution in [0.25, 0.3) is 0 Å². The van der Waals surface area contributed by atoms with E-state index in [0.717, 1.165) is 12.8 Å². The monoisotopic (exact) mass is 182 g/mol. The smallest absolute Gasteiger partial charge is 0.310 e. The van der Waals surface area contributed by atoms with Gasteiger partial charge in [-0.2, -0.15) is 0 Å². The SMILES string of the molecule is O=C(O)[C@@H]1[C@@H]2C[C@@H]3[C@@H]1C(=O)O[C@@H]3C2. The zero-order chi connectivity index (χ0) is 9.16. The molecular formula is C9H10O4. The Kier molecular flexibility index (Phi) is 1.16. The molecule has 5 atom stereocenters. The maximum atomic E-state index is 11.3. The minimum atomic E-state index is -0.824. The van der Waals surface area contributed by atoms with E-state index in [0.29, 0.717) is 0 Å². The molecule has 2 bridgehead atoms. The lowest BCUT2D eigenvalue weighted by molar-refractivity contribution is -0.151. The second kappa shape index (κ2) is 2.05. The molecule has 4 heteroatoms. The van der Waals surface area contributed by atoms with Crippen molar-refractivity contribution in [3.63, 3.8) is 0 Å². The fourth-order valence-corrected chi connectivity index (χ4v) is 3.34. The van der Waals surface area contributed by atoms with E-state index in [1.54, 1.807) is 0 Å². The van der Waals surface area contributed by atoms with Crippen LogP contribution < -0.4 is 0 Å². The number of fused-ring (bicyclic) bond motifs is 1. The van der Waals surface area contributed by atoms with Crippen LogP contribution in [0.3, 0.4) is 0 Å². The Hall–Kier alpha value is -1.06. The topological polar surface area (TPSA) is 63.6 Å². The van der Waals surface area contributed by atoms with E-state index in [9.17, 15) is 9.59 Å². The second-order valence-electron chi connectivity index (χ2n) is 4.26. The van der Waals surface area contributed by atoms with Crippen molar-refractivity contribution in [1.82, 2.24) is 0 Å². The van der Waals surface area contributed by atoms with Gasteiger partial charge in [0.05, 0.1) is 11.8 Å². The highest BCUT2D eigenvalue weighted by molar-refractivity contribution is 5.84. The third kappa shape index (κ3) is 0.716. The maximum Gasteiger partial charge on any atom is 0.310 e. The number of hydrogen-bond donors (Lipinski definition) is 1. The second-order valence-corrected chi connectivity index (χ2v) is 4.26. The Morgan fingerprint density at radius 1 is 1.46 bits per heavy atom. The first-order valence-corrected chi connectivity index (χ1v) is 4.62. The zero-order valence-corrected chi connectivity index (χ0v) is 6.97. The molecule has 0 unspecified atom stereocenters. The summed E-state index contributed by atoms with van der Waals surface area (Å²) >= 11 is 0. The van der Waals surface area contributed by atoms with E-state index in [1.807, 2.05) is 0 Å². The lowest BCUT2D eigenvalue weighted by Crippen LogP contribution is -2.31. The molecule has 3 aliphatic rings. The molecule has 1 saturated heterocycles. The highest BCUT2D eigenvalue weighted by atomic mass is 16.6. The van der Waals surface area contributed by atoms with Gasteiger partial charge in [-0.1, -0.05) is 0 Å². The van der Waals surface area contributed by atoms with E-state index in [-0.39, 0.29) is 29.8 Å². The van der Waals surface area contributed by atoms with Gasteiger partial charge in [-0.25, -0.2) is 0 Å². The van der Waals surface area contributed by atoms with Crippen molar-refractivity contribution in [2.75, 3.05) is 0 Å². The highest BCUT2D eigenvalue weighted by Crippen LogP contribution is 2.57. The number of carbonyl (C=O) groups is 2. The van der Waals surface area contributed by atoms with Gasteiger partial charge in [-0.15, -0.1) is 0 Å². The summed E-state index contributed by atoms with van der Waals surface area (Å²) in [5.41, 5.74) is 0. The molecule has 1 N–H and O–H groups in total. The molecule has 70 valence electrons. The Labute approximate surface area is 74.9 Å². The molecule has 0 radical (unpaired) electrons. The van der Waals surface area contributed by atoms with Gasteiger partial charge in [0, 0.05) is 5.92 Å². The van der Waals surface area contributed by atoms with Crippen LogP contribution in [0.2, 0.25) is 0 Å². The predicted molar refractivity (Wildman–Crippen MR) is 40.7 cm³/mol. The Morgan fingerprint density at radius 3 is 2.92 bits per heavy atom. The summed E-state index contributed by atoms with van der Waals surface area (Å²) in [4.78, 5) is 22.2. The summed E-state index contributed by atoms with van der Waals surface area (Å²) in [7, 11) is 0. The molecule has 0 amide bonds. The number of carboxylic acids is 1.